The van der Waals surface area contributed by atoms with E-state index in [4.69, 9.17) is 4.74 Å². The van der Waals surface area contributed by atoms with Crippen LogP contribution in [-0.2, 0) is 28.4 Å². The van der Waals surface area contributed by atoms with Crippen molar-refractivity contribution in [2.45, 2.75) is 43.1 Å². The van der Waals surface area contributed by atoms with Crippen molar-refractivity contribution < 1.29 is 14.3 Å². The molecule has 0 saturated heterocycles. The van der Waals surface area contributed by atoms with Crippen LogP contribution in [0.3, 0.4) is 0 Å². The van der Waals surface area contributed by atoms with E-state index in [2.05, 4.69) is 27.5 Å². The van der Waals surface area contributed by atoms with Gasteiger partial charge in [0.25, 0.3) is 5.91 Å². The average molecular weight is 457 g/mol. The van der Waals surface area contributed by atoms with E-state index in [9.17, 15) is 9.59 Å². The number of aryl methyl sites for hydroxylation is 1. The summed E-state index contributed by atoms with van der Waals surface area (Å²) in [6.45, 7) is 4.25. The van der Waals surface area contributed by atoms with Crippen LogP contribution in [-0.4, -0.2) is 27.8 Å². The molecule has 1 aromatic heterocycles. The van der Waals surface area contributed by atoms with Gasteiger partial charge in [-0.05, 0) is 25.0 Å². The number of alkyl carbamates (subject to hydrolysis) is 1. The third kappa shape index (κ3) is 7.08. The van der Waals surface area contributed by atoms with Crippen LogP contribution in [0, 0.1) is 0 Å². The Morgan fingerprint density at radius 2 is 1.77 bits per heavy atom. The Bertz CT molecular complexity index is 1070. The van der Waals surface area contributed by atoms with Gasteiger partial charge in [0, 0.05) is 12.3 Å². The first kappa shape index (κ1) is 22.8. The zero-order valence-electron chi connectivity index (χ0n) is 17.4. The third-order valence-corrected chi connectivity index (χ3v) is 6.38. The normalized spacial score (nSPS) is 12.4. The van der Waals surface area contributed by atoms with Crippen molar-refractivity contribution in [3.05, 3.63) is 76.6 Å². The molecular weight excluding hydrogens is 432 g/mol. The van der Waals surface area contributed by atoms with Gasteiger partial charge >= 0.3 is 6.09 Å². The van der Waals surface area contributed by atoms with Crippen molar-refractivity contribution in [3.8, 4) is 0 Å². The molecule has 0 unspecified atom stereocenters. The molecule has 2 amide bonds. The van der Waals surface area contributed by atoms with Crippen LogP contribution in [0.2, 0.25) is 0 Å². The van der Waals surface area contributed by atoms with E-state index in [1.54, 1.807) is 23.4 Å². The number of hydrogen-bond acceptors (Lipinski definition) is 6. The average Bonchev–Trinajstić information content (AvgIpc) is 3.19. The molecule has 0 radical (unpaired) electrons. The van der Waals surface area contributed by atoms with E-state index in [0.717, 1.165) is 15.7 Å². The predicted octanol–water partition coefficient (Wildman–Crippen LogP) is 4.00. The number of thioether (sulfide) groups is 1. The molecule has 3 rings (SSSR count). The quantitative estimate of drug-likeness (QED) is 0.518. The smallest absolute Gasteiger partial charge is 0.408 e. The largest absolute Gasteiger partial charge is 0.445 e. The summed E-state index contributed by atoms with van der Waals surface area (Å²) in [5.41, 5.74) is 2.07. The van der Waals surface area contributed by atoms with Gasteiger partial charge < -0.3 is 10.1 Å². The molecule has 0 aliphatic carbocycles. The second-order valence-electron chi connectivity index (χ2n) is 6.62. The number of rotatable bonds is 8. The number of carbonyl (C=O) groups is 2. The maximum Gasteiger partial charge on any atom is 0.408 e. The first-order valence-corrected chi connectivity index (χ1v) is 11.7. The maximum atomic E-state index is 12.5. The summed E-state index contributed by atoms with van der Waals surface area (Å²) < 4.78 is 7.68. The lowest BCUT2D eigenvalue weighted by atomic mass is 10.2. The molecular formula is C22H24N4O3S2. The summed E-state index contributed by atoms with van der Waals surface area (Å²) in [5, 5.41) is 7.05. The van der Waals surface area contributed by atoms with Crippen LogP contribution < -0.4 is 10.1 Å². The number of aromatic nitrogens is 2. The van der Waals surface area contributed by atoms with Gasteiger partial charge in [-0.25, -0.2) is 9.48 Å². The third-order valence-electron chi connectivity index (χ3n) is 4.23. The fraction of sp³-hybridized carbons (Fsp3) is 0.273. The Morgan fingerprint density at radius 1 is 1.13 bits per heavy atom. The molecule has 9 heteroatoms. The Kier molecular flexibility index (Phi) is 8.43. The second-order valence-corrected chi connectivity index (χ2v) is 8.80. The minimum atomic E-state index is -0.809. The summed E-state index contributed by atoms with van der Waals surface area (Å²) in [4.78, 5) is 29.2. The molecule has 0 spiro atoms. The molecule has 0 bridgehead atoms. The molecule has 1 heterocycles. The van der Waals surface area contributed by atoms with Crippen molar-refractivity contribution in [1.29, 1.82) is 0 Å². The topological polar surface area (TPSA) is 85.6 Å². The van der Waals surface area contributed by atoms with E-state index < -0.39 is 18.0 Å². The molecule has 1 atom stereocenters. The summed E-state index contributed by atoms with van der Waals surface area (Å²) in [5.74, 6) is 0.332. The van der Waals surface area contributed by atoms with Crippen molar-refractivity contribution >= 4 is 35.1 Å². The van der Waals surface area contributed by atoms with E-state index >= 15 is 0 Å². The van der Waals surface area contributed by atoms with Crippen LogP contribution in [0.1, 0.15) is 25.0 Å². The van der Waals surface area contributed by atoms with E-state index in [1.165, 1.54) is 16.9 Å². The predicted molar refractivity (Wildman–Crippen MR) is 122 cm³/mol. The molecule has 0 fully saturated rings. The van der Waals surface area contributed by atoms with Gasteiger partial charge in [0.2, 0.25) is 4.80 Å². The molecule has 7 nitrogen and oxygen atoms in total. The highest BCUT2D eigenvalue weighted by Crippen LogP contribution is 2.22. The first-order valence-electron chi connectivity index (χ1n) is 9.85. The van der Waals surface area contributed by atoms with Crippen LogP contribution in [0.5, 0.6) is 0 Å². The summed E-state index contributed by atoms with van der Waals surface area (Å²) in [6, 6.07) is 18.6. The fourth-order valence-corrected chi connectivity index (χ4v) is 4.53. The number of ether oxygens (including phenoxy) is 1. The summed E-state index contributed by atoms with van der Waals surface area (Å²) in [6.07, 6.45) is -0.660. The van der Waals surface area contributed by atoms with Gasteiger partial charge in [-0.15, -0.1) is 0 Å². The molecule has 162 valence electrons. The SMILES string of the molecule is CCn1nc(SCc2ccccc2)sc1=NC(=O)[C@H](C)NC(=O)OCc1ccccc1. The number of nitrogens with one attached hydrogen (secondary N) is 1. The van der Waals surface area contributed by atoms with Gasteiger partial charge in [-0.1, -0.05) is 83.8 Å². The lowest BCUT2D eigenvalue weighted by Crippen LogP contribution is -2.39. The zero-order chi connectivity index (χ0) is 22.1. The van der Waals surface area contributed by atoms with Crippen LogP contribution in [0.15, 0.2) is 70.0 Å². The lowest BCUT2D eigenvalue weighted by molar-refractivity contribution is -0.119. The maximum absolute atomic E-state index is 12.5. The summed E-state index contributed by atoms with van der Waals surface area (Å²) in [7, 11) is 0. The highest BCUT2D eigenvalue weighted by Gasteiger charge is 2.17. The highest BCUT2D eigenvalue weighted by molar-refractivity contribution is 8.00. The van der Waals surface area contributed by atoms with Gasteiger partial charge in [0.1, 0.15) is 12.6 Å². The number of benzene rings is 2. The number of amides is 2. The van der Waals surface area contributed by atoms with Crippen molar-refractivity contribution in [3.63, 3.8) is 0 Å². The molecule has 0 aliphatic rings. The van der Waals surface area contributed by atoms with Crippen LogP contribution >= 0.6 is 23.1 Å². The Balaban J connectivity index is 1.58. The van der Waals surface area contributed by atoms with Crippen molar-refractivity contribution in [2.75, 3.05) is 0 Å². The van der Waals surface area contributed by atoms with Gasteiger partial charge in [0.05, 0.1) is 0 Å². The minimum Gasteiger partial charge on any atom is -0.445 e. The van der Waals surface area contributed by atoms with E-state index in [1.807, 2.05) is 55.5 Å². The van der Waals surface area contributed by atoms with Crippen LogP contribution in [0.4, 0.5) is 4.79 Å². The minimum absolute atomic E-state index is 0.136. The lowest BCUT2D eigenvalue weighted by Gasteiger charge is -2.10. The standard InChI is InChI=1S/C22H24N4O3S2/c1-3-26-20(31-22(25-26)30-15-18-12-8-5-9-13-18)24-19(27)16(2)23-21(28)29-14-17-10-6-4-7-11-17/h4-13,16H,3,14-15H2,1-2H3,(H,23,28)/t16-/m0/s1. The fourth-order valence-electron chi connectivity index (χ4n) is 2.55. The molecule has 1 N–H and O–H groups in total. The number of nitrogens with zero attached hydrogens (tertiary/aromatic N) is 3. The Labute approximate surface area is 189 Å². The van der Waals surface area contributed by atoms with Gasteiger partial charge in [-0.2, -0.15) is 10.1 Å². The second kappa shape index (κ2) is 11.5. The van der Waals surface area contributed by atoms with Gasteiger partial charge in [0.15, 0.2) is 4.34 Å². The Hall–Kier alpha value is -2.91. The molecule has 2 aromatic carbocycles. The van der Waals surface area contributed by atoms with Crippen molar-refractivity contribution in [2.24, 2.45) is 4.99 Å². The Morgan fingerprint density at radius 3 is 2.42 bits per heavy atom. The zero-order valence-corrected chi connectivity index (χ0v) is 19.0. The summed E-state index contributed by atoms with van der Waals surface area (Å²) >= 11 is 2.96. The first-order chi connectivity index (χ1) is 15.0. The van der Waals surface area contributed by atoms with Gasteiger partial charge in [-0.3, -0.25) is 4.79 Å². The van der Waals surface area contributed by atoms with E-state index in [0.29, 0.717) is 11.3 Å². The molecule has 3 aromatic rings. The van der Waals surface area contributed by atoms with E-state index in [-0.39, 0.29) is 6.61 Å². The monoisotopic (exact) mass is 456 g/mol. The van der Waals surface area contributed by atoms with Crippen molar-refractivity contribution in [1.82, 2.24) is 15.1 Å². The number of hydrogen-bond donors (Lipinski definition) is 1. The molecule has 0 saturated carbocycles. The number of carbonyl (C=O) groups excluding carboxylic acids is 2. The highest BCUT2D eigenvalue weighted by atomic mass is 32.2. The van der Waals surface area contributed by atoms with Crippen LogP contribution in [0.25, 0.3) is 0 Å². The molecule has 0 aliphatic heterocycles. The molecule has 31 heavy (non-hydrogen) atoms.